The number of methoxy groups -OCH3 is 1. The average molecular weight is 418 g/mol. The van der Waals surface area contributed by atoms with Crippen molar-refractivity contribution in [2.24, 2.45) is 0 Å². The fraction of sp³-hybridized carbons (Fsp3) is 0.120. The van der Waals surface area contributed by atoms with Crippen molar-refractivity contribution in [2.45, 2.75) is 6.92 Å². The summed E-state index contributed by atoms with van der Waals surface area (Å²) >= 11 is 6.56. The van der Waals surface area contributed by atoms with Crippen molar-refractivity contribution in [3.05, 3.63) is 89.7 Å². The second kappa shape index (κ2) is 8.17. The molecule has 4 rings (SSSR count). The maximum Gasteiger partial charge on any atom is 0.290 e. The zero-order valence-electron chi connectivity index (χ0n) is 17.1. The fourth-order valence-electron chi connectivity index (χ4n) is 3.61. The van der Waals surface area contributed by atoms with Crippen molar-refractivity contribution in [3.8, 4) is 22.4 Å². The van der Waals surface area contributed by atoms with Gasteiger partial charge in [0.05, 0.1) is 12.7 Å². The van der Waals surface area contributed by atoms with Crippen LogP contribution in [0.1, 0.15) is 11.3 Å². The minimum absolute atomic E-state index is 0.480. The Morgan fingerprint density at radius 3 is 2.33 bits per heavy atom. The van der Waals surface area contributed by atoms with E-state index in [4.69, 9.17) is 26.2 Å². The SMILES string of the molecule is C=C(OC)c1cc(-c2ccccc2Cl)c2cc[n+](OC)c(-c3ccccc3C)c2n1. The van der Waals surface area contributed by atoms with Crippen LogP contribution in [0.4, 0.5) is 0 Å². The predicted molar refractivity (Wildman–Crippen MR) is 121 cm³/mol. The molecule has 0 spiro atoms. The van der Waals surface area contributed by atoms with Gasteiger partial charge in [-0.25, -0.2) is 4.98 Å². The molecule has 0 aliphatic carbocycles. The van der Waals surface area contributed by atoms with Gasteiger partial charge in [-0.05, 0) is 36.2 Å². The standard InChI is InChI=1S/C25H22ClN2O2/c1-16-9-5-6-10-18(16)25-24-20(13-14-28(25)30-4)21(15-23(27-24)17(2)29-3)19-11-7-8-12-22(19)26/h5-15H,2H2,1,3-4H3/q+1. The van der Waals surface area contributed by atoms with E-state index in [9.17, 15) is 0 Å². The first-order valence-corrected chi connectivity index (χ1v) is 9.91. The van der Waals surface area contributed by atoms with Crippen molar-refractivity contribution in [1.82, 2.24) is 4.98 Å². The summed E-state index contributed by atoms with van der Waals surface area (Å²) in [5.41, 5.74) is 6.30. The Morgan fingerprint density at radius 1 is 0.967 bits per heavy atom. The van der Waals surface area contributed by atoms with E-state index in [0.717, 1.165) is 38.9 Å². The largest absolute Gasteiger partial charge is 0.495 e. The molecule has 0 amide bonds. The Hall–Kier alpha value is -3.37. The normalized spacial score (nSPS) is 10.8. The maximum atomic E-state index is 6.56. The van der Waals surface area contributed by atoms with Crippen LogP contribution in [-0.2, 0) is 4.74 Å². The second-order valence-corrected chi connectivity index (χ2v) is 7.32. The third kappa shape index (κ3) is 3.40. The highest BCUT2D eigenvalue weighted by atomic mass is 35.5. The van der Waals surface area contributed by atoms with Crippen LogP contribution >= 0.6 is 11.6 Å². The first kappa shape index (κ1) is 19.9. The number of pyridine rings is 2. The molecule has 4 nitrogen and oxygen atoms in total. The van der Waals surface area contributed by atoms with Gasteiger partial charge in [0.2, 0.25) is 6.20 Å². The summed E-state index contributed by atoms with van der Waals surface area (Å²) in [7, 11) is 3.23. The second-order valence-electron chi connectivity index (χ2n) is 6.91. The monoisotopic (exact) mass is 417 g/mol. The molecule has 0 radical (unpaired) electrons. The molecule has 2 aromatic carbocycles. The summed E-state index contributed by atoms with van der Waals surface area (Å²) in [4.78, 5) is 10.6. The van der Waals surface area contributed by atoms with Crippen LogP contribution in [0.15, 0.2) is 73.4 Å². The van der Waals surface area contributed by atoms with Gasteiger partial charge in [-0.3, -0.25) is 4.84 Å². The molecule has 5 heteroatoms. The van der Waals surface area contributed by atoms with E-state index in [1.807, 2.05) is 54.7 Å². The Bertz CT molecular complexity index is 1270. The molecule has 0 fully saturated rings. The van der Waals surface area contributed by atoms with Crippen molar-refractivity contribution in [3.63, 3.8) is 0 Å². The number of fused-ring (bicyclic) bond motifs is 1. The van der Waals surface area contributed by atoms with Gasteiger partial charge < -0.3 is 4.74 Å². The highest BCUT2D eigenvalue weighted by Crippen LogP contribution is 2.37. The quantitative estimate of drug-likeness (QED) is 0.318. The van der Waals surface area contributed by atoms with Gasteiger partial charge in [0.1, 0.15) is 24.1 Å². The van der Waals surface area contributed by atoms with Gasteiger partial charge in [0.25, 0.3) is 5.69 Å². The molecule has 30 heavy (non-hydrogen) atoms. The van der Waals surface area contributed by atoms with Gasteiger partial charge in [-0.2, -0.15) is 0 Å². The van der Waals surface area contributed by atoms with Crippen LogP contribution in [0.5, 0.6) is 0 Å². The van der Waals surface area contributed by atoms with Gasteiger partial charge in [-0.1, -0.05) is 54.6 Å². The Kier molecular flexibility index (Phi) is 5.42. The predicted octanol–water partition coefficient (Wildman–Crippen LogP) is 5.49. The lowest BCUT2D eigenvalue weighted by molar-refractivity contribution is -0.876. The number of aromatic nitrogens is 2. The van der Waals surface area contributed by atoms with E-state index in [1.54, 1.807) is 19.0 Å². The summed E-state index contributed by atoms with van der Waals surface area (Å²) in [6.07, 6.45) is 1.90. The molecule has 150 valence electrons. The Labute approximate surface area is 180 Å². The first-order valence-electron chi connectivity index (χ1n) is 9.53. The molecule has 0 N–H and O–H groups in total. The molecule has 0 aliphatic heterocycles. The minimum atomic E-state index is 0.480. The number of halogens is 1. The minimum Gasteiger partial charge on any atom is -0.495 e. The molecule has 2 heterocycles. The lowest BCUT2D eigenvalue weighted by Crippen LogP contribution is -2.42. The summed E-state index contributed by atoms with van der Waals surface area (Å²) < 4.78 is 7.13. The molecule has 0 aliphatic rings. The molecular weight excluding hydrogens is 396 g/mol. The van der Waals surface area contributed by atoms with Crippen molar-refractivity contribution in [2.75, 3.05) is 14.2 Å². The number of benzene rings is 2. The van der Waals surface area contributed by atoms with Crippen molar-refractivity contribution >= 4 is 28.3 Å². The molecule has 0 bridgehead atoms. The van der Waals surface area contributed by atoms with E-state index in [0.29, 0.717) is 16.5 Å². The number of nitrogens with zero attached hydrogens (tertiary/aromatic N) is 2. The van der Waals surface area contributed by atoms with Crippen LogP contribution in [-0.4, -0.2) is 19.2 Å². The number of hydrogen-bond acceptors (Lipinski definition) is 3. The van der Waals surface area contributed by atoms with Gasteiger partial charge in [-0.15, -0.1) is 0 Å². The van der Waals surface area contributed by atoms with Gasteiger partial charge >= 0.3 is 0 Å². The molecule has 4 aromatic rings. The third-order valence-corrected chi connectivity index (χ3v) is 5.50. The van der Waals surface area contributed by atoms with E-state index in [-0.39, 0.29) is 0 Å². The molecule has 0 saturated heterocycles. The molecule has 0 atom stereocenters. The highest BCUT2D eigenvalue weighted by molar-refractivity contribution is 6.33. The average Bonchev–Trinajstić information content (AvgIpc) is 2.78. The van der Waals surface area contributed by atoms with E-state index in [2.05, 4.69) is 25.6 Å². The number of hydrogen-bond donors (Lipinski definition) is 0. The van der Waals surface area contributed by atoms with Gasteiger partial charge in [0, 0.05) is 26.8 Å². The molecule has 0 saturated carbocycles. The lowest BCUT2D eigenvalue weighted by Gasteiger charge is -2.14. The van der Waals surface area contributed by atoms with E-state index in [1.165, 1.54) is 0 Å². The molecule has 0 unspecified atom stereocenters. The van der Waals surface area contributed by atoms with Crippen LogP contribution in [0.2, 0.25) is 5.02 Å². The maximum absolute atomic E-state index is 6.56. The lowest BCUT2D eigenvalue weighted by atomic mass is 9.97. The Morgan fingerprint density at radius 2 is 1.67 bits per heavy atom. The van der Waals surface area contributed by atoms with Crippen LogP contribution in [0.3, 0.4) is 0 Å². The molecular formula is C25H22ClN2O2+. The molecule has 2 aromatic heterocycles. The van der Waals surface area contributed by atoms with Crippen LogP contribution in [0.25, 0.3) is 39.0 Å². The number of aryl methyl sites for hydroxylation is 1. The number of rotatable bonds is 5. The van der Waals surface area contributed by atoms with Crippen molar-refractivity contribution in [1.29, 1.82) is 0 Å². The smallest absolute Gasteiger partial charge is 0.290 e. The summed E-state index contributed by atoms with van der Waals surface area (Å²) in [5, 5.41) is 1.63. The summed E-state index contributed by atoms with van der Waals surface area (Å²) in [6.45, 7) is 6.08. The highest BCUT2D eigenvalue weighted by Gasteiger charge is 2.25. The number of ether oxygens (including phenoxy) is 1. The fourth-order valence-corrected chi connectivity index (χ4v) is 3.85. The summed E-state index contributed by atoms with van der Waals surface area (Å²) in [6, 6.07) is 19.9. The van der Waals surface area contributed by atoms with E-state index < -0.39 is 0 Å². The van der Waals surface area contributed by atoms with Crippen molar-refractivity contribution < 1.29 is 14.3 Å². The van der Waals surface area contributed by atoms with Gasteiger partial charge in [0.15, 0.2) is 0 Å². The Balaban J connectivity index is 2.17. The third-order valence-electron chi connectivity index (χ3n) is 5.17. The van der Waals surface area contributed by atoms with Crippen LogP contribution < -0.4 is 9.57 Å². The first-order chi connectivity index (χ1) is 14.5. The summed E-state index contributed by atoms with van der Waals surface area (Å²) in [5.74, 6) is 0.480. The zero-order chi connectivity index (χ0) is 21.3. The van der Waals surface area contributed by atoms with E-state index >= 15 is 0 Å². The topological polar surface area (TPSA) is 35.2 Å². The van der Waals surface area contributed by atoms with Crippen LogP contribution in [0, 0.1) is 6.92 Å². The zero-order valence-corrected chi connectivity index (χ0v) is 17.9.